The fourth-order valence-corrected chi connectivity index (χ4v) is 5.96. The number of rotatable bonds is 4. The lowest BCUT2D eigenvalue weighted by molar-refractivity contribution is 0.302. The quantitative estimate of drug-likeness (QED) is 0.278. The monoisotopic (exact) mass is 554 g/mol. The van der Waals surface area contributed by atoms with Crippen LogP contribution >= 0.6 is 43.2 Å². The van der Waals surface area contributed by atoms with Crippen molar-refractivity contribution in [2.24, 2.45) is 0 Å². The van der Waals surface area contributed by atoms with Gasteiger partial charge in [0.15, 0.2) is 4.96 Å². The molecule has 5 aromatic rings. The minimum Gasteiger partial charge on any atom is -0.487 e. The van der Waals surface area contributed by atoms with Gasteiger partial charge in [0.1, 0.15) is 12.4 Å². The first-order valence-electron chi connectivity index (χ1n) is 9.59. The number of hydrogen-bond donors (Lipinski definition) is 0. The minimum atomic E-state index is -0.0549. The van der Waals surface area contributed by atoms with Crippen molar-refractivity contribution in [3.8, 4) is 5.75 Å². The number of aryl methyl sites for hydroxylation is 1. The van der Waals surface area contributed by atoms with E-state index in [4.69, 9.17) is 4.74 Å². The molecular formula is C24H16Br2N2O2S. The highest BCUT2D eigenvalue weighted by Crippen LogP contribution is 2.35. The maximum absolute atomic E-state index is 13.0. The maximum atomic E-state index is 13.0. The summed E-state index contributed by atoms with van der Waals surface area (Å²) < 4.78 is 9.99. The van der Waals surface area contributed by atoms with Gasteiger partial charge in [0.05, 0.1) is 24.5 Å². The molecule has 154 valence electrons. The predicted octanol–water partition coefficient (Wildman–Crippen LogP) is 5.87. The van der Waals surface area contributed by atoms with Gasteiger partial charge in [-0.3, -0.25) is 4.79 Å². The van der Waals surface area contributed by atoms with Crippen molar-refractivity contribution >= 4 is 65.3 Å². The molecule has 0 aliphatic rings. The normalized spacial score (nSPS) is 12.2. The Hall–Kier alpha value is -2.48. The Morgan fingerprint density at radius 1 is 1.06 bits per heavy atom. The molecule has 2 aromatic heterocycles. The largest absolute Gasteiger partial charge is 0.487 e. The molecule has 5 rings (SSSR count). The first kappa shape index (κ1) is 20.4. The third-order valence-corrected chi connectivity index (χ3v) is 7.08. The van der Waals surface area contributed by atoms with Gasteiger partial charge in [-0.1, -0.05) is 53.3 Å². The van der Waals surface area contributed by atoms with E-state index in [1.807, 2.05) is 54.6 Å². The third-order valence-electron chi connectivity index (χ3n) is 4.93. The van der Waals surface area contributed by atoms with E-state index >= 15 is 0 Å². The van der Waals surface area contributed by atoms with Gasteiger partial charge in [0.25, 0.3) is 5.56 Å². The Morgan fingerprint density at radius 2 is 1.84 bits per heavy atom. The fourth-order valence-electron chi connectivity index (χ4n) is 3.52. The van der Waals surface area contributed by atoms with Crippen LogP contribution in [0, 0.1) is 6.92 Å². The average Bonchev–Trinajstić information content (AvgIpc) is 3.24. The molecule has 0 atom stereocenters. The lowest BCUT2D eigenvalue weighted by Gasteiger charge is -2.11. The SMILES string of the molecule is Cc1cccc(COc2c(Br)cc(C=c3sc4nc5ccccc5n4c3=O)cc2Br)c1. The lowest BCUT2D eigenvalue weighted by atomic mass is 10.1. The van der Waals surface area contributed by atoms with E-state index in [0.29, 0.717) is 16.1 Å². The van der Waals surface area contributed by atoms with Crippen LogP contribution in [0.1, 0.15) is 16.7 Å². The maximum Gasteiger partial charge on any atom is 0.274 e. The molecule has 0 fully saturated rings. The van der Waals surface area contributed by atoms with Crippen molar-refractivity contribution in [1.82, 2.24) is 9.38 Å². The van der Waals surface area contributed by atoms with Crippen molar-refractivity contribution in [2.75, 3.05) is 0 Å². The van der Waals surface area contributed by atoms with E-state index in [2.05, 4.69) is 55.9 Å². The summed E-state index contributed by atoms with van der Waals surface area (Å²) in [6.45, 7) is 2.54. The Balaban J connectivity index is 1.49. The van der Waals surface area contributed by atoms with Crippen LogP contribution in [0.15, 0.2) is 74.4 Å². The van der Waals surface area contributed by atoms with Gasteiger partial charge in [0, 0.05) is 0 Å². The molecule has 0 bridgehead atoms. The summed E-state index contributed by atoms with van der Waals surface area (Å²) in [5.74, 6) is 0.730. The number of ether oxygens (including phenoxy) is 1. The van der Waals surface area contributed by atoms with Crippen LogP contribution in [0.4, 0.5) is 0 Å². The van der Waals surface area contributed by atoms with Gasteiger partial charge >= 0.3 is 0 Å². The molecular weight excluding hydrogens is 540 g/mol. The molecule has 0 radical (unpaired) electrons. The summed E-state index contributed by atoms with van der Waals surface area (Å²) in [4.78, 5) is 18.3. The number of imidazole rings is 1. The van der Waals surface area contributed by atoms with E-state index in [1.54, 1.807) is 4.40 Å². The van der Waals surface area contributed by atoms with E-state index in [0.717, 1.165) is 36.9 Å². The van der Waals surface area contributed by atoms with Crippen molar-refractivity contribution in [3.05, 3.63) is 101 Å². The van der Waals surface area contributed by atoms with Crippen molar-refractivity contribution in [3.63, 3.8) is 0 Å². The van der Waals surface area contributed by atoms with Crippen LogP contribution in [0.5, 0.6) is 5.75 Å². The third kappa shape index (κ3) is 3.93. The van der Waals surface area contributed by atoms with Crippen LogP contribution < -0.4 is 14.8 Å². The van der Waals surface area contributed by atoms with Gasteiger partial charge in [0.2, 0.25) is 0 Å². The lowest BCUT2D eigenvalue weighted by Crippen LogP contribution is -2.22. The zero-order valence-electron chi connectivity index (χ0n) is 16.4. The Kier molecular flexibility index (Phi) is 5.42. The summed E-state index contributed by atoms with van der Waals surface area (Å²) in [5.41, 5.74) is 4.82. The van der Waals surface area contributed by atoms with E-state index in [9.17, 15) is 4.79 Å². The second kappa shape index (κ2) is 8.22. The molecule has 3 aromatic carbocycles. The summed E-state index contributed by atoms with van der Waals surface area (Å²) in [5, 5.41) is 0. The molecule has 0 amide bonds. The molecule has 7 heteroatoms. The average molecular weight is 556 g/mol. The number of fused-ring (bicyclic) bond motifs is 3. The number of nitrogens with zero attached hydrogens (tertiary/aromatic N) is 2. The predicted molar refractivity (Wildman–Crippen MR) is 133 cm³/mol. The van der Waals surface area contributed by atoms with Crippen LogP contribution in [0.3, 0.4) is 0 Å². The fraction of sp³-hybridized carbons (Fsp3) is 0.0833. The van der Waals surface area contributed by atoms with Gasteiger partial charge in [-0.2, -0.15) is 0 Å². The van der Waals surface area contributed by atoms with Gasteiger partial charge < -0.3 is 4.74 Å². The second-order valence-electron chi connectivity index (χ2n) is 7.23. The summed E-state index contributed by atoms with van der Waals surface area (Å²) in [7, 11) is 0. The standard InChI is InChI=1S/C24H16Br2N2O2S/c1-14-5-4-6-15(9-14)13-30-22-17(25)10-16(11-18(22)26)12-21-23(29)28-20-8-3-2-7-19(20)27-24(28)31-21/h2-12H,13H2,1H3. The van der Waals surface area contributed by atoms with Crippen molar-refractivity contribution in [2.45, 2.75) is 13.5 Å². The molecule has 0 spiro atoms. The molecule has 2 heterocycles. The molecule has 0 aliphatic carbocycles. The van der Waals surface area contributed by atoms with E-state index in [1.165, 1.54) is 16.9 Å². The minimum absolute atomic E-state index is 0.0549. The highest BCUT2D eigenvalue weighted by atomic mass is 79.9. The van der Waals surface area contributed by atoms with E-state index < -0.39 is 0 Å². The highest BCUT2D eigenvalue weighted by molar-refractivity contribution is 9.11. The van der Waals surface area contributed by atoms with Gasteiger partial charge in [-0.25, -0.2) is 9.38 Å². The first-order chi connectivity index (χ1) is 15.0. The van der Waals surface area contributed by atoms with Gasteiger partial charge in [-0.05, 0) is 80.3 Å². The molecule has 0 saturated carbocycles. The number of benzene rings is 3. The van der Waals surface area contributed by atoms with Crippen LogP contribution in [0.25, 0.3) is 22.1 Å². The van der Waals surface area contributed by atoms with Crippen molar-refractivity contribution in [1.29, 1.82) is 0 Å². The number of aromatic nitrogens is 2. The summed E-state index contributed by atoms with van der Waals surface area (Å²) in [6.07, 6.45) is 1.89. The van der Waals surface area contributed by atoms with E-state index in [-0.39, 0.29) is 5.56 Å². The Labute approximate surface area is 199 Å². The first-order valence-corrected chi connectivity index (χ1v) is 12.0. The molecule has 0 saturated heterocycles. The molecule has 0 aliphatic heterocycles. The van der Waals surface area contributed by atoms with Gasteiger partial charge in [-0.15, -0.1) is 0 Å². The highest BCUT2D eigenvalue weighted by Gasteiger charge is 2.12. The summed E-state index contributed by atoms with van der Waals surface area (Å²) >= 11 is 8.61. The van der Waals surface area contributed by atoms with Crippen LogP contribution in [-0.4, -0.2) is 9.38 Å². The molecule has 31 heavy (non-hydrogen) atoms. The molecule has 0 N–H and O–H groups in total. The number of thiazole rings is 1. The number of para-hydroxylation sites is 2. The molecule has 0 unspecified atom stereocenters. The van der Waals surface area contributed by atoms with Crippen LogP contribution in [-0.2, 0) is 6.61 Å². The second-order valence-corrected chi connectivity index (χ2v) is 9.94. The number of hydrogen-bond acceptors (Lipinski definition) is 4. The molecule has 4 nitrogen and oxygen atoms in total. The summed E-state index contributed by atoms with van der Waals surface area (Å²) in [6, 6.07) is 19.8. The Bertz CT molecular complexity index is 1530. The topological polar surface area (TPSA) is 43.6 Å². The van der Waals surface area contributed by atoms with Crippen LogP contribution in [0.2, 0.25) is 0 Å². The zero-order valence-corrected chi connectivity index (χ0v) is 20.4. The smallest absolute Gasteiger partial charge is 0.274 e. The van der Waals surface area contributed by atoms with Crippen molar-refractivity contribution < 1.29 is 4.74 Å². The number of halogens is 2. The Morgan fingerprint density at radius 3 is 2.61 bits per heavy atom. The zero-order chi connectivity index (χ0) is 21.5.